The van der Waals surface area contributed by atoms with E-state index in [0.29, 0.717) is 4.71 Å². The van der Waals surface area contributed by atoms with Crippen molar-refractivity contribution in [3.05, 3.63) is 0 Å². The van der Waals surface area contributed by atoms with Crippen LogP contribution in [0.3, 0.4) is 0 Å². The lowest BCUT2D eigenvalue weighted by Gasteiger charge is -2.02. The van der Waals surface area contributed by atoms with E-state index in [2.05, 4.69) is 13.8 Å². The van der Waals surface area contributed by atoms with Crippen LogP contribution in [-0.2, 0) is 0 Å². The molecular weight excluding hydrogens is 172 g/mol. The SMILES string of the molecule is CCCSSC(Cl)CC. The molecule has 0 amide bonds. The van der Waals surface area contributed by atoms with Crippen LogP contribution in [0.25, 0.3) is 0 Å². The number of alkyl halides is 1. The maximum atomic E-state index is 5.84. The normalized spacial score (nSPS) is 13.7. The largest absolute Gasteiger partial charge is 0.110 e. The molecule has 0 aliphatic rings. The fourth-order valence-corrected chi connectivity index (χ4v) is 2.92. The second kappa shape index (κ2) is 7.10. The van der Waals surface area contributed by atoms with Gasteiger partial charge in [0.05, 0.1) is 4.71 Å². The molecule has 0 aromatic heterocycles. The molecule has 0 spiro atoms. The highest BCUT2D eigenvalue weighted by Gasteiger charge is 1.99. The Morgan fingerprint density at radius 1 is 1.44 bits per heavy atom. The lowest BCUT2D eigenvalue weighted by molar-refractivity contribution is 1.05. The van der Waals surface area contributed by atoms with Crippen molar-refractivity contribution in [2.75, 3.05) is 5.75 Å². The molecule has 0 aliphatic heterocycles. The van der Waals surface area contributed by atoms with E-state index >= 15 is 0 Å². The van der Waals surface area contributed by atoms with Gasteiger partial charge in [0.1, 0.15) is 0 Å². The summed E-state index contributed by atoms with van der Waals surface area (Å²) in [7, 11) is 3.65. The minimum atomic E-state index is 0.307. The molecule has 0 fully saturated rings. The van der Waals surface area contributed by atoms with Crippen LogP contribution >= 0.6 is 33.2 Å². The number of halogens is 1. The van der Waals surface area contributed by atoms with E-state index in [0.717, 1.165) is 6.42 Å². The van der Waals surface area contributed by atoms with Crippen molar-refractivity contribution in [3.63, 3.8) is 0 Å². The fraction of sp³-hybridized carbons (Fsp3) is 1.00. The van der Waals surface area contributed by atoms with Gasteiger partial charge in [-0.1, -0.05) is 35.4 Å². The molecule has 0 saturated carbocycles. The maximum Gasteiger partial charge on any atom is 0.0889 e. The Labute approximate surface area is 70.5 Å². The summed E-state index contributed by atoms with van der Waals surface area (Å²) in [6.45, 7) is 4.29. The van der Waals surface area contributed by atoms with E-state index in [1.807, 2.05) is 10.8 Å². The van der Waals surface area contributed by atoms with Gasteiger partial charge in [-0.15, -0.1) is 11.6 Å². The highest BCUT2D eigenvalue weighted by Crippen LogP contribution is 2.31. The molecule has 0 aliphatic carbocycles. The molecule has 0 heterocycles. The molecule has 0 aromatic carbocycles. The minimum Gasteiger partial charge on any atom is -0.110 e. The van der Waals surface area contributed by atoms with Crippen molar-refractivity contribution in [2.24, 2.45) is 0 Å². The Bertz CT molecular complexity index is 59.0. The van der Waals surface area contributed by atoms with Gasteiger partial charge in [0.2, 0.25) is 0 Å². The number of hydrogen-bond acceptors (Lipinski definition) is 2. The van der Waals surface area contributed by atoms with E-state index in [1.54, 1.807) is 10.8 Å². The second-order valence-corrected chi connectivity index (χ2v) is 5.21. The molecule has 9 heavy (non-hydrogen) atoms. The topological polar surface area (TPSA) is 0 Å². The lowest BCUT2D eigenvalue weighted by Crippen LogP contribution is -1.84. The zero-order valence-corrected chi connectivity index (χ0v) is 8.28. The molecule has 0 nitrogen and oxygen atoms in total. The van der Waals surface area contributed by atoms with Gasteiger partial charge in [-0.2, -0.15) is 0 Å². The van der Waals surface area contributed by atoms with Crippen LogP contribution in [0.1, 0.15) is 26.7 Å². The first-order valence-electron chi connectivity index (χ1n) is 3.23. The monoisotopic (exact) mass is 184 g/mol. The predicted molar refractivity (Wildman–Crippen MR) is 50.3 cm³/mol. The molecule has 3 heteroatoms. The van der Waals surface area contributed by atoms with Gasteiger partial charge in [0.25, 0.3) is 0 Å². The van der Waals surface area contributed by atoms with Gasteiger partial charge in [-0.05, 0) is 12.8 Å². The zero-order chi connectivity index (χ0) is 7.11. The van der Waals surface area contributed by atoms with E-state index in [4.69, 9.17) is 11.6 Å². The van der Waals surface area contributed by atoms with Gasteiger partial charge in [0.15, 0.2) is 0 Å². The summed E-state index contributed by atoms with van der Waals surface area (Å²) in [4.78, 5) is 0. The Morgan fingerprint density at radius 3 is 2.56 bits per heavy atom. The fourth-order valence-electron chi connectivity index (χ4n) is 0.273. The lowest BCUT2D eigenvalue weighted by atomic mass is 10.6. The summed E-state index contributed by atoms with van der Waals surface area (Å²) in [6, 6.07) is 0. The molecule has 0 saturated heterocycles. The van der Waals surface area contributed by atoms with Gasteiger partial charge in [0, 0.05) is 5.75 Å². The Hall–Kier alpha value is 0.990. The van der Waals surface area contributed by atoms with Gasteiger partial charge in [-0.3, -0.25) is 0 Å². The minimum absolute atomic E-state index is 0.307. The summed E-state index contributed by atoms with van der Waals surface area (Å²) in [5.74, 6) is 1.22. The van der Waals surface area contributed by atoms with Crippen LogP contribution in [0.2, 0.25) is 0 Å². The first kappa shape index (κ1) is 9.99. The third kappa shape index (κ3) is 6.88. The summed E-state index contributed by atoms with van der Waals surface area (Å²) in [5, 5.41) is 0. The Morgan fingerprint density at radius 2 is 2.11 bits per heavy atom. The van der Waals surface area contributed by atoms with Gasteiger partial charge >= 0.3 is 0 Å². The predicted octanol–water partition coefficient (Wildman–Crippen LogP) is 3.75. The average molecular weight is 185 g/mol. The first-order chi connectivity index (χ1) is 4.31. The Kier molecular flexibility index (Phi) is 7.88. The molecule has 56 valence electrons. The van der Waals surface area contributed by atoms with E-state index < -0.39 is 0 Å². The van der Waals surface area contributed by atoms with Crippen molar-refractivity contribution in [1.29, 1.82) is 0 Å². The van der Waals surface area contributed by atoms with Crippen molar-refractivity contribution >= 4 is 33.2 Å². The van der Waals surface area contributed by atoms with Crippen LogP contribution in [0.15, 0.2) is 0 Å². The zero-order valence-electron chi connectivity index (χ0n) is 5.89. The van der Waals surface area contributed by atoms with Gasteiger partial charge in [-0.25, -0.2) is 0 Å². The van der Waals surface area contributed by atoms with Crippen molar-refractivity contribution < 1.29 is 0 Å². The van der Waals surface area contributed by atoms with E-state index in [1.165, 1.54) is 12.2 Å². The quantitative estimate of drug-likeness (QED) is 0.363. The molecular formula is C6H13ClS2. The highest BCUT2D eigenvalue weighted by atomic mass is 35.5. The van der Waals surface area contributed by atoms with Crippen molar-refractivity contribution in [2.45, 2.75) is 31.4 Å². The molecule has 1 unspecified atom stereocenters. The van der Waals surface area contributed by atoms with Crippen LogP contribution in [0, 0.1) is 0 Å². The summed E-state index contributed by atoms with van der Waals surface area (Å²) in [5.41, 5.74) is 0. The molecule has 0 rings (SSSR count). The standard InChI is InChI=1S/C6H13ClS2/c1-3-5-8-9-6(7)4-2/h6H,3-5H2,1-2H3. The molecule has 0 aromatic rings. The third-order valence-corrected chi connectivity index (χ3v) is 4.53. The van der Waals surface area contributed by atoms with Crippen LogP contribution in [-0.4, -0.2) is 10.5 Å². The maximum absolute atomic E-state index is 5.84. The van der Waals surface area contributed by atoms with Crippen LogP contribution in [0.5, 0.6) is 0 Å². The number of rotatable bonds is 5. The molecule has 0 N–H and O–H groups in total. The Balaban J connectivity index is 2.88. The van der Waals surface area contributed by atoms with Crippen LogP contribution < -0.4 is 0 Å². The van der Waals surface area contributed by atoms with Crippen molar-refractivity contribution in [3.8, 4) is 0 Å². The number of hydrogen-bond donors (Lipinski definition) is 0. The summed E-state index contributed by atoms with van der Waals surface area (Å²) >= 11 is 5.84. The highest BCUT2D eigenvalue weighted by molar-refractivity contribution is 8.77. The molecule has 1 atom stereocenters. The first-order valence-corrected chi connectivity index (χ1v) is 6.05. The van der Waals surface area contributed by atoms with E-state index in [-0.39, 0.29) is 0 Å². The molecule has 0 bridgehead atoms. The second-order valence-electron chi connectivity index (χ2n) is 1.74. The van der Waals surface area contributed by atoms with E-state index in [9.17, 15) is 0 Å². The smallest absolute Gasteiger partial charge is 0.0889 e. The van der Waals surface area contributed by atoms with Crippen LogP contribution in [0.4, 0.5) is 0 Å². The summed E-state index contributed by atoms with van der Waals surface area (Å²) < 4.78 is 0.307. The third-order valence-electron chi connectivity index (χ3n) is 0.781. The average Bonchev–Trinajstić information content (AvgIpc) is 1.89. The molecule has 0 radical (unpaired) electrons. The summed E-state index contributed by atoms with van der Waals surface area (Å²) in [6.07, 6.45) is 2.30. The van der Waals surface area contributed by atoms with Gasteiger partial charge < -0.3 is 0 Å². The van der Waals surface area contributed by atoms with Crippen molar-refractivity contribution in [1.82, 2.24) is 0 Å².